The van der Waals surface area contributed by atoms with E-state index in [4.69, 9.17) is 4.74 Å². The molecule has 2 atom stereocenters. The van der Waals surface area contributed by atoms with Crippen molar-refractivity contribution in [2.24, 2.45) is 0 Å². The van der Waals surface area contributed by atoms with Crippen molar-refractivity contribution in [2.75, 3.05) is 38.1 Å². The Kier molecular flexibility index (Phi) is 5.34. The Morgan fingerprint density at radius 2 is 1.93 bits per heavy atom. The summed E-state index contributed by atoms with van der Waals surface area (Å²) in [5, 5.41) is 3.18. The zero-order chi connectivity index (χ0) is 19.8. The van der Waals surface area contributed by atoms with Gasteiger partial charge in [0.25, 0.3) is 5.91 Å². The van der Waals surface area contributed by atoms with Gasteiger partial charge in [-0.05, 0) is 50.7 Å². The molecule has 5 nitrogen and oxygen atoms in total. The van der Waals surface area contributed by atoms with Crippen LogP contribution in [0.4, 0.5) is 5.69 Å². The number of halogens is 1. The molecular formula is C22H26BrN3O2. The van der Waals surface area contributed by atoms with Crippen LogP contribution in [0.5, 0.6) is 5.75 Å². The molecule has 28 heavy (non-hydrogen) atoms. The van der Waals surface area contributed by atoms with E-state index in [2.05, 4.69) is 56.3 Å². The number of benzene rings is 2. The quantitative estimate of drug-likeness (QED) is 0.783. The highest BCUT2D eigenvalue weighted by Gasteiger charge is 2.35. The van der Waals surface area contributed by atoms with Gasteiger partial charge < -0.3 is 19.9 Å². The maximum atomic E-state index is 12.8. The van der Waals surface area contributed by atoms with Crippen LogP contribution in [-0.2, 0) is 0 Å². The van der Waals surface area contributed by atoms with Gasteiger partial charge in [-0.2, -0.15) is 0 Å². The molecule has 1 amide bonds. The van der Waals surface area contributed by atoms with E-state index in [1.165, 1.54) is 0 Å². The second-order valence-corrected chi connectivity index (χ2v) is 8.58. The summed E-state index contributed by atoms with van der Waals surface area (Å²) >= 11 is 3.49. The minimum atomic E-state index is -0.154. The van der Waals surface area contributed by atoms with Crippen molar-refractivity contribution in [3.05, 3.63) is 57.6 Å². The summed E-state index contributed by atoms with van der Waals surface area (Å²) in [6.45, 7) is 8.07. The minimum Gasteiger partial charge on any atom is -0.486 e. The van der Waals surface area contributed by atoms with Crippen LogP contribution in [0.25, 0.3) is 0 Å². The Hall–Kier alpha value is -2.05. The lowest BCUT2D eigenvalue weighted by Crippen LogP contribution is -2.44. The Labute approximate surface area is 174 Å². The Morgan fingerprint density at radius 1 is 1.18 bits per heavy atom. The first kappa shape index (κ1) is 19.3. The number of anilines is 1. The smallest absolute Gasteiger partial charge is 0.251 e. The molecule has 1 N–H and O–H groups in total. The zero-order valence-electron chi connectivity index (χ0n) is 16.5. The van der Waals surface area contributed by atoms with Gasteiger partial charge in [0, 0.05) is 41.8 Å². The molecule has 2 unspecified atom stereocenters. The summed E-state index contributed by atoms with van der Waals surface area (Å²) < 4.78 is 7.24. The summed E-state index contributed by atoms with van der Waals surface area (Å²) in [7, 11) is 2.15. The minimum absolute atomic E-state index is 0.0751. The Balaban J connectivity index is 1.57. The average Bonchev–Trinajstić information content (AvgIpc) is 3.00. The van der Waals surface area contributed by atoms with Crippen molar-refractivity contribution < 1.29 is 9.53 Å². The second-order valence-electron chi connectivity index (χ2n) is 7.72. The summed E-state index contributed by atoms with van der Waals surface area (Å²) in [6, 6.07) is 11.8. The van der Waals surface area contributed by atoms with Crippen LogP contribution >= 0.6 is 15.9 Å². The number of ether oxygens (including phenoxy) is 1. The van der Waals surface area contributed by atoms with Crippen LogP contribution in [0.1, 0.15) is 34.5 Å². The van der Waals surface area contributed by atoms with Gasteiger partial charge >= 0.3 is 0 Å². The first-order valence-electron chi connectivity index (χ1n) is 9.74. The number of amides is 1. The third-order valence-corrected chi connectivity index (χ3v) is 6.57. The molecule has 2 aromatic rings. The van der Waals surface area contributed by atoms with Gasteiger partial charge in [-0.15, -0.1) is 0 Å². The normalized spacial score (nSPS) is 21.9. The van der Waals surface area contributed by atoms with Crippen LogP contribution < -0.4 is 15.0 Å². The highest BCUT2D eigenvalue weighted by molar-refractivity contribution is 9.10. The van der Waals surface area contributed by atoms with Crippen molar-refractivity contribution in [1.29, 1.82) is 0 Å². The Bertz CT molecular complexity index is 893. The molecule has 0 saturated carbocycles. The topological polar surface area (TPSA) is 44.8 Å². The fourth-order valence-electron chi connectivity index (χ4n) is 3.92. The monoisotopic (exact) mass is 443 g/mol. The number of piperazine rings is 1. The van der Waals surface area contributed by atoms with E-state index in [9.17, 15) is 4.79 Å². The number of rotatable bonds is 3. The predicted molar refractivity (Wildman–Crippen MR) is 115 cm³/mol. The van der Waals surface area contributed by atoms with E-state index in [0.717, 1.165) is 53.2 Å². The fraction of sp³-hybridized carbons (Fsp3) is 0.409. The molecule has 1 fully saturated rings. The molecule has 148 valence electrons. The van der Waals surface area contributed by atoms with Crippen LogP contribution in [-0.4, -0.2) is 50.1 Å². The SMILES string of the molecule is Cc1cc(C(=O)NC2c3cccc(N4CCN(C)CC4)c3OC2C)ccc1Br. The summed E-state index contributed by atoms with van der Waals surface area (Å²) in [6.07, 6.45) is -0.107. The number of nitrogens with zero attached hydrogens (tertiary/aromatic N) is 2. The lowest BCUT2D eigenvalue weighted by atomic mass is 10.0. The van der Waals surface area contributed by atoms with Crippen molar-refractivity contribution in [1.82, 2.24) is 10.2 Å². The van der Waals surface area contributed by atoms with Gasteiger partial charge in [0.2, 0.25) is 0 Å². The maximum Gasteiger partial charge on any atom is 0.251 e. The number of carbonyl (C=O) groups is 1. The second kappa shape index (κ2) is 7.76. The largest absolute Gasteiger partial charge is 0.486 e. The number of hydrogen-bond donors (Lipinski definition) is 1. The molecule has 0 spiro atoms. The number of fused-ring (bicyclic) bond motifs is 1. The lowest BCUT2D eigenvalue weighted by Gasteiger charge is -2.34. The molecule has 1 saturated heterocycles. The maximum absolute atomic E-state index is 12.8. The van der Waals surface area contributed by atoms with Crippen LogP contribution in [0.2, 0.25) is 0 Å². The third kappa shape index (κ3) is 3.63. The van der Waals surface area contributed by atoms with Crippen LogP contribution in [0.3, 0.4) is 0 Å². The molecule has 6 heteroatoms. The van der Waals surface area contributed by atoms with E-state index < -0.39 is 0 Å². The van der Waals surface area contributed by atoms with Gasteiger partial charge in [0.05, 0.1) is 11.7 Å². The highest BCUT2D eigenvalue weighted by Crippen LogP contribution is 2.43. The number of para-hydroxylation sites is 1. The van der Waals surface area contributed by atoms with Gasteiger partial charge in [-0.3, -0.25) is 4.79 Å². The molecule has 0 radical (unpaired) electrons. The molecule has 0 bridgehead atoms. The van der Waals surface area contributed by atoms with Crippen molar-refractivity contribution in [2.45, 2.75) is 26.0 Å². The molecule has 0 aromatic heterocycles. The molecule has 2 aromatic carbocycles. The molecule has 2 heterocycles. The summed E-state index contributed by atoms with van der Waals surface area (Å²) in [5.74, 6) is 0.839. The van der Waals surface area contributed by atoms with Crippen molar-refractivity contribution in [3.63, 3.8) is 0 Å². The van der Waals surface area contributed by atoms with E-state index in [-0.39, 0.29) is 18.1 Å². The number of aryl methyl sites for hydroxylation is 1. The number of hydrogen-bond acceptors (Lipinski definition) is 4. The van der Waals surface area contributed by atoms with Gasteiger partial charge in [0.15, 0.2) is 0 Å². The summed E-state index contributed by atoms with van der Waals surface area (Å²) in [5.41, 5.74) is 3.90. The fourth-order valence-corrected chi connectivity index (χ4v) is 4.17. The number of nitrogens with one attached hydrogen (secondary N) is 1. The van der Waals surface area contributed by atoms with E-state index in [1.807, 2.05) is 32.0 Å². The van der Waals surface area contributed by atoms with E-state index >= 15 is 0 Å². The van der Waals surface area contributed by atoms with E-state index in [0.29, 0.717) is 5.56 Å². The first-order chi connectivity index (χ1) is 13.4. The molecule has 2 aliphatic heterocycles. The third-order valence-electron chi connectivity index (χ3n) is 5.68. The lowest BCUT2D eigenvalue weighted by molar-refractivity contribution is 0.0908. The van der Waals surface area contributed by atoms with E-state index in [1.54, 1.807) is 0 Å². The Morgan fingerprint density at radius 3 is 2.64 bits per heavy atom. The zero-order valence-corrected chi connectivity index (χ0v) is 18.1. The molecule has 2 aliphatic rings. The first-order valence-corrected chi connectivity index (χ1v) is 10.5. The van der Waals surface area contributed by atoms with Crippen molar-refractivity contribution >= 4 is 27.5 Å². The molecular weight excluding hydrogens is 418 g/mol. The standard InChI is InChI=1S/C22H26BrN3O2/c1-14-13-16(7-8-18(14)23)22(27)24-20-15(2)28-21-17(20)5-4-6-19(21)26-11-9-25(3)10-12-26/h4-8,13,15,20H,9-12H2,1-3H3,(H,24,27). The molecule has 4 rings (SSSR count). The molecule has 0 aliphatic carbocycles. The van der Waals surface area contributed by atoms with Gasteiger partial charge in [-0.1, -0.05) is 28.1 Å². The van der Waals surface area contributed by atoms with Gasteiger partial charge in [-0.25, -0.2) is 0 Å². The van der Waals surface area contributed by atoms with Gasteiger partial charge in [0.1, 0.15) is 11.9 Å². The van der Waals surface area contributed by atoms with Crippen molar-refractivity contribution in [3.8, 4) is 5.75 Å². The number of carbonyl (C=O) groups excluding carboxylic acids is 1. The van der Waals surface area contributed by atoms with Crippen LogP contribution in [0, 0.1) is 6.92 Å². The van der Waals surface area contributed by atoms with Crippen LogP contribution in [0.15, 0.2) is 40.9 Å². The summed E-state index contributed by atoms with van der Waals surface area (Å²) in [4.78, 5) is 17.6. The average molecular weight is 444 g/mol. The highest BCUT2D eigenvalue weighted by atomic mass is 79.9. The number of likely N-dealkylation sites (N-methyl/N-ethyl adjacent to an activating group) is 1. The predicted octanol–water partition coefficient (Wildman–Crippen LogP) is 3.76.